The van der Waals surface area contributed by atoms with Crippen LogP contribution in [-0.4, -0.2) is 54.0 Å². The second-order valence-corrected chi connectivity index (χ2v) is 5.58. The summed E-state index contributed by atoms with van der Waals surface area (Å²) in [5.74, 6) is 0.170. The van der Waals surface area contributed by atoms with Crippen molar-refractivity contribution in [1.82, 2.24) is 15.1 Å². The van der Waals surface area contributed by atoms with Gasteiger partial charge in [0.2, 0.25) is 5.91 Å². The molecule has 0 aromatic carbocycles. The predicted octanol–water partition coefficient (Wildman–Crippen LogP) is 0.803. The van der Waals surface area contributed by atoms with E-state index in [4.69, 9.17) is 0 Å². The van der Waals surface area contributed by atoms with Crippen LogP contribution in [0.15, 0.2) is 0 Å². The van der Waals surface area contributed by atoms with Gasteiger partial charge < -0.3 is 15.1 Å². The van der Waals surface area contributed by atoms with Crippen LogP contribution >= 0.6 is 0 Å². The maximum Gasteiger partial charge on any atom is 0.320 e. The Hall–Kier alpha value is -1.26. The van der Waals surface area contributed by atoms with Gasteiger partial charge in [-0.1, -0.05) is 0 Å². The van der Waals surface area contributed by atoms with Crippen molar-refractivity contribution in [3.05, 3.63) is 0 Å². The molecule has 0 saturated carbocycles. The van der Waals surface area contributed by atoms with Gasteiger partial charge in [0.05, 0.1) is 12.0 Å². The summed E-state index contributed by atoms with van der Waals surface area (Å²) in [6.07, 6.45) is 5.35. The van der Waals surface area contributed by atoms with Crippen molar-refractivity contribution in [2.75, 3.05) is 26.2 Å². The quantitative estimate of drug-likeness (QED) is 0.692. The third-order valence-corrected chi connectivity index (χ3v) is 4.47. The van der Waals surface area contributed by atoms with Crippen molar-refractivity contribution in [3.8, 4) is 0 Å². The molecule has 3 aliphatic heterocycles. The fourth-order valence-electron chi connectivity index (χ4n) is 3.46. The summed E-state index contributed by atoms with van der Waals surface area (Å²) in [4.78, 5) is 28.1. The van der Waals surface area contributed by atoms with Gasteiger partial charge in [0.1, 0.15) is 0 Å². The first-order chi connectivity index (χ1) is 8.77. The number of hydrogen-bond donors (Lipinski definition) is 1. The molecule has 0 spiro atoms. The summed E-state index contributed by atoms with van der Waals surface area (Å²) in [7, 11) is 0. The Kier molecular flexibility index (Phi) is 3.14. The van der Waals surface area contributed by atoms with Crippen LogP contribution in [0.2, 0.25) is 0 Å². The molecule has 100 valence electrons. The molecule has 18 heavy (non-hydrogen) atoms. The zero-order chi connectivity index (χ0) is 12.5. The van der Waals surface area contributed by atoms with E-state index in [1.54, 1.807) is 0 Å². The minimum Gasteiger partial charge on any atom is -0.354 e. The number of carbonyl (C=O) groups excluding carboxylic acids is 2. The second kappa shape index (κ2) is 4.78. The van der Waals surface area contributed by atoms with Crippen LogP contribution in [0.5, 0.6) is 0 Å². The number of urea groups is 1. The third-order valence-electron chi connectivity index (χ3n) is 4.47. The van der Waals surface area contributed by atoms with E-state index in [9.17, 15) is 9.59 Å². The number of piperidine rings is 2. The van der Waals surface area contributed by atoms with Gasteiger partial charge in [-0.2, -0.15) is 0 Å². The topological polar surface area (TPSA) is 52.7 Å². The van der Waals surface area contributed by atoms with E-state index in [-0.39, 0.29) is 23.9 Å². The molecule has 5 nitrogen and oxygen atoms in total. The summed E-state index contributed by atoms with van der Waals surface area (Å²) in [6.45, 7) is 3.22. The van der Waals surface area contributed by atoms with Crippen LogP contribution in [0.1, 0.15) is 32.1 Å². The van der Waals surface area contributed by atoms with E-state index < -0.39 is 0 Å². The number of likely N-dealkylation sites (tertiary alicyclic amines) is 2. The Morgan fingerprint density at radius 3 is 2.67 bits per heavy atom. The summed E-state index contributed by atoms with van der Waals surface area (Å²) in [5, 5.41) is 2.90. The average Bonchev–Trinajstić information content (AvgIpc) is 2.81. The molecular formula is C13H21N3O2. The Labute approximate surface area is 107 Å². The highest BCUT2D eigenvalue weighted by atomic mass is 16.2. The molecule has 0 aromatic heterocycles. The lowest BCUT2D eigenvalue weighted by Crippen LogP contribution is -2.54. The summed E-state index contributed by atoms with van der Waals surface area (Å²) >= 11 is 0. The Morgan fingerprint density at radius 2 is 1.89 bits per heavy atom. The van der Waals surface area contributed by atoms with Crippen molar-refractivity contribution in [1.29, 1.82) is 0 Å². The highest BCUT2D eigenvalue weighted by Gasteiger charge is 2.43. The molecule has 3 fully saturated rings. The monoisotopic (exact) mass is 251 g/mol. The average molecular weight is 251 g/mol. The molecule has 3 amide bonds. The second-order valence-electron chi connectivity index (χ2n) is 5.58. The zero-order valence-electron chi connectivity index (χ0n) is 10.7. The molecule has 0 bridgehead atoms. The molecule has 3 heterocycles. The molecule has 5 heteroatoms. The Balaban J connectivity index is 1.70. The van der Waals surface area contributed by atoms with Gasteiger partial charge in [-0.25, -0.2) is 4.79 Å². The minimum absolute atomic E-state index is 0.0347. The molecule has 0 aromatic rings. The first-order valence-corrected chi connectivity index (χ1v) is 7.10. The highest BCUT2D eigenvalue weighted by molar-refractivity contribution is 5.84. The maximum absolute atomic E-state index is 12.5. The molecule has 2 unspecified atom stereocenters. The first-order valence-electron chi connectivity index (χ1n) is 7.10. The van der Waals surface area contributed by atoms with Crippen molar-refractivity contribution in [2.24, 2.45) is 5.92 Å². The predicted molar refractivity (Wildman–Crippen MR) is 67.0 cm³/mol. The maximum atomic E-state index is 12.5. The number of nitrogens with one attached hydrogen (secondary N) is 1. The van der Waals surface area contributed by atoms with Crippen LogP contribution in [0, 0.1) is 5.92 Å². The summed E-state index contributed by atoms with van der Waals surface area (Å²) in [5.41, 5.74) is 0. The number of rotatable bonds is 0. The largest absolute Gasteiger partial charge is 0.354 e. The van der Waals surface area contributed by atoms with Gasteiger partial charge in [0, 0.05) is 26.2 Å². The lowest BCUT2D eigenvalue weighted by Gasteiger charge is -2.40. The lowest BCUT2D eigenvalue weighted by atomic mass is 9.91. The molecule has 0 radical (unpaired) electrons. The molecule has 3 saturated heterocycles. The van der Waals surface area contributed by atoms with Gasteiger partial charge in [0.15, 0.2) is 0 Å². The van der Waals surface area contributed by atoms with Gasteiger partial charge in [-0.3, -0.25) is 4.79 Å². The van der Waals surface area contributed by atoms with E-state index >= 15 is 0 Å². The summed E-state index contributed by atoms with van der Waals surface area (Å²) in [6, 6.07) is 0.251. The molecule has 2 atom stereocenters. The summed E-state index contributed by atoms with van der Waals surface area (Å²) < 4.78 is 0. The number of carbonyl (C=O) groups is 2. The van der Waals surface area contributed by atoms with Gasteiger partial charge in [-0.15, -0.1) is 0 Å². The Bertz CT molecular complexity index is 352. The molecule has 3 rings (SSSR count). The van der Waals surface area contributed by atoms with E-state index in [2.05, 4.69) is 5.32 Å². The van der Waals surface area contributed by atoms with Crippen LogP contribution in [-0.2, 0) is 4.79 Å². The van der Waals surface area contributed by atoms with Gasteiger partial charge >= 0.3 is 6.03 Å². The number of hydrogen-bond acceptors (Lipinski definition) is 2. The van der Waals surface area contributed by atoms with Crippen LogP contribution < -0.4 is 5.32 Å². The van der Waals surface area contributed by atoms with E-state index in [1.807, 2.05) is 9.80 Å². The first kappa shape index (κ1) is 11.8. The van der Waals surface area contributed by atoms with Gasteiger partial charge in [0.25, 0.3) is 0 Å². The number of fused-ring (bicyclic) bond motifs is 1. The molecule has 0 aliphatic carbocycles. The Morgan fingerprint density at radius 1 is 1.11 bits per heavy atom. The zero-order valence-corrected chi connectivity index (χ0v) is 10.7. The standard InChI is InChI=1S/C13H21N3O2/c17-12-10-5-4-8-16(11(10)9-14-12)13(18)15-6-2-1-3-7-15/h10-11H,1-9H2,(H,14,17). The highest BCUT2D eigenvalue weighted by Crippen LogP contribution is 2.28. The van der Waals surface area contributed by atoms with Crippen LogP contribution in [0.3, 0.4) is 0 Å². The van der Waals surface area contributed by atoms with Crippen molar-refractivity contribution >= 4 is 11.9 Å². The van der Waals surface area contributed by atoms with Gasteiger partial charge in [-0.05, 0) is 32.1 Å². The lowest BCUT2D eigenvalue weighted by molar-refractivity contribution is -0.123. The normalized spacial score (nSPS) is 32.1. The molecule has 3 aliphatic rings. The fourth-order valence-corrected chi connectivity index (χ4v) is 3.46. The van der Waals surface area contributed by atoms with Crippen molar-refractivity contribution in [3.63, 3.8) is 0 Å². The van der Waals surface area contributed by atoms with Crippen LogP contribution in [0.25, 0.3) is 0 Å². The van der Waals surface area contributed by atoms with Crippen molar-refractivity contribution in [2.45, 2.75) is 38.1 Å². The minimum atomic E-state index is 0.0347. The third kappa shape index (κ3) is 1.95. The fraction of sp³-hybridized carbons (Fsp3) is 0.846. The number of nitrogens with zero attached hydrogens (tertiary/aromatic N) is 2. The SMILES string of the molecule is O=C1NCC2C1CCCN2C(=O)N1CCCCC1. The van der Waals surface area contributed by atoms with E-state index in [1.165, 1.54) is 6.42 Å². The van der Waals surface area contributed by atoms with Crippen LogP contribution in [0.4, 0.5) is 4.79 Å². The molecular weight excluding hydrogens is 230 g/mol. The van der Waals surface area contributed by atoms with E-state index in [0.717, 1.165) is 45.3 Å². The smallest absolute Gasteiger partial charge is 0.320 e. The van der Waals surface area contributed by atoms with E-state index in [0.29, 0.717) is 6.54 Å². The number of amides is 3. The van der Waals surface area contributed by atoms with Crippen molar-refractivity contribution < 1.29 is 9.59 Å². The molecule has 1 N–H and O–H groups in total.